The van der Waals surface area contributed by atoms with Gasteiger partial charge in [-0.25, -0.2) is 13.2 Å². The second-order valence-electron chi connectivity index (χ2n) is 5.86. The van der Waals surface area contributed by atoms with Gasteiger partial charge in [-0.1, -0.05) is 6.07 Å². The average Bonchev–Trinajstić information content (AvgIpc) is 2.45. The van der Waals surface area contributed by atoms with Crippen molar-refractivity contribution in [3.05, 3.63) is 23.8 Å². The summed E-state index contributed by atoms with van der Waals surface area (Å²) in [6.45, 7) is 6.05. The van der Waals surface area contributed by atoms with E-state index in [4.69, 9.17) is 15.2 Å². The Morgan fingerprint density at radius 2 is 1.88 bits per heavy atom. The fourth-order valence-electron chi connectivity index (χ4n) is 1.64. The van der Waals surface area contributed by atoms with Crippen LogP contribution >= 0.6 is 0 Å². The fourth-order valence-corrected chi connectivity index (χ4v) is 2.29. The number of carbonyl (C=O) groups excluding carboxylic acids is 2. The van der Waals surface area contributed by atoms with Crippen molar-refractivity contribution in [3.8, 4) is 5.75 Å². The molecule has 0 saturated carbocycles. The molecular formula is C15H22N2O6S. The van der Waals surface area contributed by atoms with Gasteiger partial charge in [-0.3, -0.25) is 9.52 Å². The van der Waals surface area contributed by atoms with Gasteiger partial charge in [0.15, 0.2) is 0 Å². The number of benzene rings is 1. The summed E-state index contributed by atoms with van der Waals surface area (Å²) in [6, 6.07) is 4.18. The molecule has 134 valence electrons. The van der Waals surface area contributed by atoms with E-state index in [0.29, 0.717) is 0 Å². The Labute approximate surface area is 141 Å². The van der Waals surface area contributed by atoms with E-state index in [2.05, 4.69) is 4.72 Å². The number of anilines is 1. The van der Waals surface area contributed by atoms with Gasteiger partial charge >= 0.3 is 11.9 Å². The van der Waals surface area contributed by atoms with Crippen LogP contribution < -0.4 is 15.2 Å². The monoisotopic (exact) mass is 358 g/mol. The minimum atomic E-state index is -3.65. The maximum absolute atomic E-state index is 12.5. The maximum atomic E-state index is 12.5. The molecule has 0 unspecified atom stereocenters. The minimum absolute atomic E-state index is 0.0339. The van der Waals surface area contributed by atoms with Gasteiger partial charge in [0.05, 0.1) is 18.0 Å². The molecule has 0 aliphatic carbocycles. The Balaban J connectivity index is 3.40. The van der Waals surface area contributed by atoms with Gasteiger partial charge < -0.3 is 15.2 Å². The molecule has 9 heteroatoms. The molecule has 0 bridgehead atoms. The first-order chi connectivity index (χ1) is 11.0. The molecule has 0 atom stereocenters. The van der Waals surface area contributed by atoms with Gasteiger partial charge in [0.25, 0.3) is 0 Å². The number of sulfonamides is 1. The van der Waals surface area contributed by atoms with Crippen LogP contribution in [0.25, 0.3) is 0 Å². The van der Waals surface area contributed by atoms with E-state index in [9.17, 15) is 18.0 Å². The zero-order chi connectivity index (χ0) is 18.5. The molecule has 0 spiro atoms. The number of hydrogen-bond donors (Lipinski definition) is 2. The molecule has 24 heavy (non-hydrogen) atoms. The predicted octanol–water partition coefficient (Wildman–Crippen LogP) is 1.27. The van der Waals surface area contributed by atoms with Crippen LogP contribution in [0.5, 0.6) is 5.75 Å². The summed E-state index contributed by atoms with van der Waals surface area (Å²) < 4.78 is 36.2. The van der Waals surface area contributed by atoms with E-state index < -0.39 is 34.1 Å². The van der Waals surface area contributed by atoms with Crippen LogP contribution in [-0.2, 0) is 19.6 Å². The highest BCUT2D eigenvalue weighted by Crippen LogP contribution is 2.30. The third-order valence-electron chi connectivity index (χ3n) is 2.67. The number of nitrogens with two attached hydrogens (primary N) is 1. The quantitative estimate of drug-likeness (QED) is 0.579. The predicted molar refractivity (Wildman–Crippen MR) is 89.4 cm³/mol. The van der Waals surface area contributed by atoms with Crippen molar-refractivity contribution in [2.45, 2.75) is 33.3 Å². The number of rotatable bonds is 6. The number of ether oxygens (including phenoxy) is 2. The number of nitrogens with one attached hydrogen (secondary N) is 1. The molecule has 0 heterocycles. The summed E-state index contributed by atoms with van der Waals surface area (Å²) in [7, 11) is -3.65. The van der Waals surface area contributed by atoms with Crippen molar-refractivity contribution in [2.24, 2.45) is 5.73 Å². The van der Waals surface area contributed by atoms with Gasteiger partial charge in [0, 0.05) is 0 Å². The van der Waals surface area contributed by atoms with Gasteiger partial charge in [-0.15, -0.1) is 0 Å². The Bertz CT molecular complexity index is 722. The Hall–Kier alpha value is -2.13. The molecule has 1 rings (SSSR count). The lowest BCUT2D eigenvalue weighted by molar-refractivity contribution is -0.132. The molecule has 1 aromatic carbocycles. The molecule has 1 aromatic rings. The summed E-state index contributed by atoms with van der Waals surface area (Å²) in [5.74, 6) is -1.91. The number of hydrogen-bond acceptors (Lipinski definition) is 7. The smallest absolute Gasteiger partial charge is 0.344 e. The Morgan fingerprint density at radius 1 is 1.25 bits per heavy atom. The van der Waals surface area contributed by atoms with Crippen molar-refractivity contribution in [3.63, 3.8) is 0 Å². The molecular weight excluding hydrogens is 336 g/mol. The van der Waals surface area contributed by atoms with Crippen LogP contribution in [0.1, 0.15) is 38.1 Å². The minimum Gasteiger partial charge on any atom is -0.456 e. The summed E-state index contributed by atoms with van der Waals surface area (Å²) in [5, 5.41) is 0. The van der Waals surface area contributed by atoms with Gasteiger partial charge in [0.2, 0.25) is 10.0 Å². The lowest BCUT2D eigenvalue weighted by atomic mass is 10.1. The summed E-state index contributed by atoms with van der Waals surface area (Å²) in [5.41, 5.74) is 4.17. The molecule has 0 aliphatic rings. The molecule has 0 aliphatic heterocycles. The van der Waals surface area contributed by atoms with E-state index in [1.54, 1.807) is 20.8 Å². The third kappa shape index (κ3) is 5.82. The van der Waals surface area contributed by atoms with Crippen LogP contribution in [-0.4, -0.2) is 38.3 Å². The number of esters is 2. The fraction of sp³-hybridized carbons (Fsp3) is 0.467. The zero-order valence-electron chi connectivity index (χ0n) is 14.1. The molecule has 8 nitrogen and oxygen atoms in total. The van der Waals surface area contributed by atoms with Crippen molar-refractivity contribution in [2.75, 3.05) is 17.0 Å². The third-order valence-corrected chi connectivity index (χ3v) is 3.96. The Morgan fingerprint density at radius 3 is 2.38 bits per heavy atom. The first-order valence-corrected chi connectivity index (χ1v) is 8.92. The van der Waals surface area contributed by atoms with Crippen LogP contribution in [0.3, 0.4) is 0 Å². The van der Waals surface area contributed by atoms with Gasteiger partial charge in [-0.05, 0) is 39.8 Å². The van der Waals surface area contributed by atoms with Crippen LogP contribution in [0.15, 0.2) is 18.2 Å². The second-order valence-corrected chi connectivity index (χ2v) is 7.88. The van der Waals surface area contributed by atoms with Crippen LogP contribution in [0.2, 0.25) is 0 Å². The first-order valence-electron chi connectivity index (χ1n) is 7.26. The normalized spacial score (nSPS) is 11.7. The van der Waals surface area contributed by atoms with Crippen molar-refractivity contribution >= 4 is 27.6 Å². The molecule has 0 radical (unpaired) electrons. The van der Waals surface area contributed by atoms with Crippen molar-refractivity contribution < 1.29 is 27.5 Å². The SMILES string of the molecule is CCS(=O)(=O)Nc1cccc(OC(=O)CN)c1C(=O)OC(C)(C)C. The zero-order valence-corrected chi connectivity index (χ0v) is 14.9. The number of carbonyl (C=O) groups is 2. The Kier molecular flexibility index (Phi) is 6.33. The lowest BCUT2D eigenvalue weighted by Gasteiger charge is -2.22. The second kappa shape index (κ2) is 7.63. The molecule has 3 N–H and O–H groups in total. The summed E-state index contributed by atoms with van der Waals surface area (Å²) >= 11 is 0. The topological polar surface area (TPSA) is 125 Å². The highest BCUT2D eigenvalue weighted by molar-refractivity contribution is 7.92. The molecule has 0 aromatic heterocycles. The standard InChI is InChI=1S/C15H22N2O6S/c1-5-24(20,21)17-10-7-6-8-11(22-12(18)9-16)13(10)14(19)23-15(2,3)4/h6-8,17H,5,9,16H2,1-4H3. The summed E-state index contributed by atoms with van der Waals surface area (Å²) in [4.78, 5) is 23.9. The van der Waals surface area contributed by atoms with E-state index in [-0.39, 0.29) is 22.8 Å². The van der Waals surface area contributed by atoms with E-state index in [1.165, 1.54) is 25.1 Å². The summed E-state index contributed by atoms with van der Waals surface area (Å²) in [6.07, 6.45) is 0. The van der Waals surface area contributed by atoms with E-state index in [0.717, 1.165) is 0 Å². The van der Waals surface area contributed by atoms with E-state index in [1.807, 2.05) is 0 Å². The average molecular weight is 358 g/mol. The highest BCUT2D eigenvalue weighted by Gasteiger charge is 2.26. The molecule has 0 saturated heterocycles. The van der Waals surface area contributed by atoms with E-state index >= 15 is 0 Å². The van der Waals surface area contributed by atoms with Crippen LogP contribution in [0, 0.1) is 0 Å². The van der Waals surface area contributed by atoms with Gasteiger partial charge in [0.1, 0.15) is 16.9 Å². The molecule has 0 amide bonds. The highest BCUT2D eigenvalue weighted by atomic mass is 32.2. The first kappa shape index (κ1) is 19.9. The largest absolute Gasteiger partial charge is 0.456 e. The lowest BCUT2D eigenvalue weighted by Crippen LogP contribution is -2.27. The van der Waals surface area contributed by atoms with Crippen LogP contribution in [0.4, 0.5) is 5.69 Å². The van der Waals surface area contributed by atoms with Crippen molar-refractivity contribution in [1.82, 2.24) is 0 Å². The van der Waals surface area contributed by atoms with Crippen molar-refractivity contribution in [1.29, 1.82) is 0 Å². The molecule has 0 fully saturated rings. The van der Waals surface area contributed by atoms with Gasteiger partial charge in [-0.2, -0.15) is 0 Å². The maximum Gasteiger partial charge on any atom is 0.344 e.